The maximum absolute atomic E-state index is 12.1. The molecule has 2 heterocycles. The summed E-state index contributed by atoms with van der Waals surface area (Å²) in [6.45, 7) is 3.89. The van der Waals surface area contributed by atoms with Gasteiger partial charge in [0.25, 0.3) is 5.91 Å². The van der Waals surface area contributed by atoms with E-state index in [2.05, 4.69) is 33.1 Å². The third kappa shape index (κ3) is 2.22. The SMILES string of the molecule is CC1CCCN(C(=O)c2[nH]ncc2Br)C1. The molecule has 5 heteroatoms. The van der Waals surface area contributed by atoms with Gasteiger partial charge >= 0.3 is 0 Å². The average Bonchev–Trinajstić information content (AvgIpc) is 2.63. The summed E-state index contributed by atoms with van der Waals surface area (Å²) in [7, 11) is 0. The molecule has 1 aliphatic heterocycles. The number of H-pyrrole nitrogens is 1. The largest absolute Gasteiger partial charge is 0.337 e. The van der Waals surface area contributed by atoms with E-state index in [9.17, 15) is 4.79 Å². The van der Waals surface area contributed by atoms with Crippen LogP contribution in [0.15, 0.2) is 10.7 Å². The van der Waals surface area contributed by atoms with Crippen LogP contribution in [0.2, 0.25) is 0 Å². The van der Waals surface area contributed by atoms with Crippen LogP contribution in [0.3, 0.4) is 0 Å². The lowest BCUT2D eigenvalue weighted by molar-refractivity contribution is 0.0676. The number of hydrogen-bond donors (Lipinski definition) is 1. The van der Waals surface area contributed by atoms with Crippen molar-refractivity contribution in [3.8, 4) is 0 Å². The molecule has 0 spiro atoms. The van der Waals surface area contributed by atoms with Crippen LogP contribution in [0.5, 0.6) is 0 Å². The maximum atomic E-state index is 12.1. The molecule has 1 saturated heterocycles. The van der Waals surface area contributed by atoms with Gasteiger partial charge in [0.2, 0.25) is 0 Å². The van der Waals surface area contributed by atoms with Crippen LogP contribution >= 0.6 is 15.9 Å². The second-order valence-electron chi connectivity index (χ2n) is 4.09. The number of amides is 1. The van der Waals surface area contributed by atoms with E-state index in [0.717, 1.165) is 24.0 Å². The molecule has 1 atom stereocenters. The highest BCUT2D eigenvalue weighted by Crippen LogP contribution is 2.20. The molecule has 0 radical (unpaired) electrons. The minimum atomic E-state index is 0.0472. The normalized spacial score (nSPS) is 21.7. The van der Waals surface area contributed by atoms with Gasteiger partial charge in [-0.25, -0.2) is 0 Å². The van der Waals surface area contributed by atoms with E-state index in [-0.39, 0.29) is 5.91 Å². The van der Waals surface area contributed by atoms with Crippen LogP contribution < -0.4 is 0 Å². The van der Waals surface area contributed by atoms with Crippen molar-refractivity contribution in [3.05, 3.63) is 16.4 Å². The summed E-state index contributed by atoms with van der Waals surface area (Å²) in [5.41, 5.74) is 0.559. The number of rotatable bonds is 1. The van der Waals surface area contributed by atoms with Gasteiger partial charge in [-0.2, -0.15) is 5.10 Å². The molecule has 4 nitrogen and oxygen atoms in total. The first-order valence-electron chi connectivity index (χ1n) is 5.16. The molecule has 0 bridgehead atoms. The molecule has 1 N–H and O–H groups in total. The highest BCUT2D eigenvalue weighted by Gasteiger charge is 2.24. The highest BCUT2D eigenvalue weighted by atomic mass is 79.9. The quantitative estimate of drug-likeness (QED) is 0.850. The van der Waals surface area contributed by atoms with Gasteiger partial charge in [0.15, 0.2) is 0 Å². The molecule has 0 aromatic carbocycles. The molecule has 1 fully saturated rings. The number of aromatic nitrogens is 2. The number of halogens is 1. The highest BCUT2D eigenvalue weighted by molar-refractivity contribution is 9.10. The topological polar surface area (TPSA) is 49.0 Å². The van der Waals surface area contributed by atoms with Crippen molar-refractivity contribution >= 4 is 21.8 Å². The molecule has 1 aliphatic rings. The van der Waals surface area contributed by atoms with E-state index >= 15 is 0 Å². The standard InChI is InChI=1S/C10H14BrN3O/c1-7-3-2-4-14(6-7)10(15)9-8(11)5-12-13-9/h5,7H,2-4,6H2,1H3,(H,12,13). The number of piperidine rings is 1. The zero-order valence-corrected chi connectivity index (χ0v) is 10.2. The Morgan fingerprint density at radius 3 is 3.13 bits per heavy atom. The summed E-state index contributed by atoms with van der Waals surface area (Å²) < 4.78 is 0.741. The summed E-state index contributed by atoms with van der Waals surface area (Å²) >= 11 is 3.31. The fraction of sp³-hybridized carbons (Fsp3) is 0.600. The van der Waals surface area contributed by atoms with Crippen molar-refractivity contribution in [2.75, 3.05) is 13.1 Å². The molecule has 15 heavy (non-hydrogen) atoms. The van der Waals surface area contributed by atoms with E-state index in [1.165, 1.54) is 6.42 Å². The molecular weight excluding hydrogens is 258 g/mol. The minimum Gasteiger partial charge on any atom is -0.337 e. The van der Waals surface area contributed by atoms with Gasteiger partial charge in [0.1, 0.15) is 5.69 Å². The first-order chi connectivity index (χ1) is 7.18. The number of aromatic amines is 1. The Balaban J connectivity index is 2.11. The average molecular weight is 272 g/mol. The predicted octanol–water partition coefficient (Wildman–Crippen LogP) is 2.04. The molecule has 1 aromatic heterocycles. The van der Waals surface area contributed by atoms with Crippen LogP contribution in [0.4, 0.5) is 0 Å². The summed E-state index contributed by atoms with van der Waals surface area (Å²) in [6, 6.07) is 0. The predicted molar refractivity (Wildman–Crippen MR) is 60.6 cm³/mol. The number of nitrogens with one attached hydrogen (secondary N) is 1. The third-order valence-corrected chi connectivity index (χ3v) is 3.35. The van der Waals surface area contributed by atoms with Crippen molar-refractivity contribution in [1.29, 1.82) is 0 Å². The number of likely N-dealkylation sites (tertiary alicyclic amines) is 1. The molecule has 0 saturated carbocycles. The van der Waals surface area contributed by atoms with Crippen molar-refractivity contribution in [1.82, 2.24) is 15.1 Å². The number of carbonyl (C=O) groups is 1. The molecule has 0 aliphatic carbocycles. The second-order valence-corrected chi connectivity index (χ2v) is 4.95. The Kier molecular flexibility index (Phi) is 3.09. The summed E-state index contributed by atoms with van der Waals surface area (Å²) in [4.78, 5) is 13.9. The van der Waals surface area contributed by atoms with Gasteiger partial charge in [-0.15, -0.1) is 0 Å². The second kappa shape index (κ2) is 4.35. The van der Waals surface area contributed by atoms with Gasteiger partial charge < -0.3 is 4.90 Å². The zero-order chi connectivity index (χ0) is 10.8. The molecule has 82 valence electrons. The van der Waals surface area contributed by atoms with Crippen LogP contribution in [0.1, 0.15) is 30.3 Å². The van der Waals surface area contributed by atoms with E-state index in [1.807, 2.05) is 4.90 Å². The molecular formula is C10H14BrN3O. The lowest BCUT2D eigenvalue weighted by atomic mass is 10.0. The first kappa shape index (κ1) is 10.7. The molecule has 1 aromatic rings. The van der Waals surface area contributed by atoms with Crippen molar-refractivity contribution < 1.29 is 4.79 Å². The van der Waals surface area contributed by atoms with Crippen LogP contribution in [-0.2, 0) is 0 Å². The molecule has 2 rings (SSSR count). The Morgan fingerprint density at radius 1 is 1.73 bits per heavy atom. The van der Waals surface area contributed by atoms with Gasteiger partial charge in [0, 0.05) is 13.1 Å². The Bertz CT molecular complexity index is 363. The number of hydrogen-bond acceptors (Lipinski definition) is 2. The van der Waals surface area contributed by atoms with Gasteiger partial charge in [-0.1, -0.05) is 6.92 Å². The maximum Gasteiger partial charge on any atom is 0.273 e. The van der Waals surface area contributed by atoms with Gasteiger partial charge in [-0.3, -0.25) is 9.89 Å². The van der Waals surface area contributed by atoms with Crippen LogP contribution in [-0.4, -0.2) is 34.1 Å². The Hall–Kier alpha value is -0.840. The fourth-order valence-corrected chi connectivity index (χ4v) is 2.31. The first-order valence-corrected chi connectivity index (χ1v) is 5.96. The van der Waals surface area contributed by atoms with Gasteiger partial charge in [0.05, 0.1) is 10.7 Å². The van der Waals surface area contributed by atoms with E-state index in [1.54, 1.807) is 6.20 Å². The molecule has 1 amide bonds. The lowest BCUT2D eigenvalue weighted by Crippen LogP contribution is -2.39. The number of carbonyl (C=O) groups excluding carboxylic acids is 1. The van der Waals surface area contributed by atoms with Gasteiger partial charge in [-0.05, 0) is 34.7 Å². The summed E-state index contributed by atoms with van der Waals surface area (Å²) in [5, 5.41) is 6.57. The smallest absolute Gasteiger partial charge is 0.273 e. The van der Waals surface area contributed by atoms with Crippen molar-refractivity contribution in [2.24, 2.45) is 5.92 Å². The van der Waals surface area contributed by atoms with Crippen LogP contribution in [0.25, 0.3) is 0 Å². The fourth-order valence-electron chi connectivity index (χ4n) is 1.95. The van der Waals surface area contributed by atoms with Crippen molar-refractivity contribution in [3.63, 3.8) is 0 Å². The van der Waals surface area contributed by atoms with Crippen LogP contribution in [0, 0.1) is 5.92 Å². The number of nitrogens with zero attached hydrogens (tertiary/aromatic N) is 2. The van der Waals surface area contributed by atoms with E-state index < -0.39 is 0 Å². The molecule has 1 unspecified atom stereocenters. The third-order valence-electron chi connectivity index (χ3n) is 2.75. The monoisotopic (exact) mass is 271 g/mol. The van der Waals surface area contributed by atoms with Crippen molar-refractivity contribution in [2.45, 2.75) is 19.8 Å². The van der Waals surface area contributed by atoms with E-state index in [4.69, 9.17) is 0 Å². The summed E-state index contributed by atoms with van der Waals surface area (Å²) in [6.07, 6.45) is 3.92. The zero-order valence-electron chi connectivity index (χ0n) is 8.66. The Labute approximate surface area is 97.2 Å². The minimum absolute atomic E-state index is 0.0472. The lowest BCUT2D eigenvalue weighted by Gasteiger charge is -2.30. The Morgan fingerprint density at radius 2 is 2.53 bits per heavy atom. The van der Waals surface area contributed by atoms with E-state index in [0.29, 0.717) is 11.6 Å². The summed E-state index contributed by atoms with van der Waals surface area (Å²) in [5.74, 6) is 0.648.